The fourth-order valence-electron chi connectivity index (χ4n) is 3.05. The highest BCUT2D eigenvalue weighted by Gasteiger charge is 2.41. The topological polar surface area (TPSA) is 66.8 Å². The number of nitrogens with zero attached hydrogens (tertiary/aromatic N) is 1. The van der Waals surface area contributed by atoms with Crippen LogP contribution in [0.4, 0.5) is 0 Å². The van der Waals surface area contributed by atoms with Crippen molar-refractivity contribution >= 4 is 21.4 Å². The summed E-state index contributed by atoms with van der Waals surface area (Å²) in [5.41, 5.74) is 0.902. The predicted molar refractivity (Wildman–Crippen MR) is 80.2 cm³/mol. The van der Waals surface area contributed by atoms with E-state index in [0.717, 1.165) is 5.56 Å². The Morgan fingerprint density at radius 1 is 1.29 bits per heavy atom. The van der Waals surface area contributed by atoms with E-state index in [0.29, 0.717) is 24.7 Å². The fourth-order valence-corrected chi connectivity index (χ4v) is 5.14. The number of aliphatic hydroxyl groups excluding tert-OH is 1. The highest BCUT2D eigenvalue weighted by Crippen LogP contribution is 2.30. The number of rotatable bonds is 2. The van der Waals surface area contributed by atoms with Crippen molar-refractivity contribution in [1.82, 2.24) is 4.90 Å². The number of sulfone groups is 1. The van der Waals surface area contributed by atoms with Gasteiger partial charge in [-0.15, -0.1) is 0 Å². The number of benzene rings is 1. The largest absolute Gasteiger partial charge is 0.390 e. The van der Waals surface area contributed by atoms with Crippen LogP contribution >= 0.6 is 11.6 Å². The zero-order valence-corrected chi connectivity index (χ0v) is 13.1. The molecule has 0 radical (unpaired) electrons. The number of morpholine rings is 1. The normalized spacial score (nSPS) is 33.1. The molecular weight excluding hydrogens is 314 g/mol. The van der Waals surface area contributed by atoms with Crippen LogP contribution in [0.25, 0.3) is 0 Å². The second-order valence-electron chi connectivity index (χ2n) is 5.59. The second-order valence-corrected chi connectivity index (χ2v) is 8.15. The van der Waals surface area contributed by atoms with Crippen molar-refractivity contribution in [3.05, 3.63) is 34.9 Å². The number of aliphatic hydroxyl groups is 1. The SMILES string of the molecule is O=S1(=O)CC(O)C(N2CCOC(c3ccccc3Cl)C2)C1. The van der Waals surface area contributed by atoms with E-state index in [-0.39, 0.29) is 23.7 Å². The molecule has 0 saturated carbocycles. The van der Waals surface area contributed by atoms with E-state index in [4.69, 9.17) is 16.3 Å². The summed E-state index contributed by atoms with van der Waals surface area (Å²) < 4.78 is 29.1. The highest BCUT2D eigenvalue weighted by atomic mass is 35.5. The molecule has 1 aromatic rings. The molecule has 3 atom stereocenters. The van der Waals surface area contributed by atoms with Gasteiger partial charge < -0.3 is 9.84 Å². The quantitative estimate of drug-likeness (QED) is 0.871. The predicted octanol–water partition coefficient (Wildman–Crippen LogP) is 0.871. The molecule has 1 N–H and O–H groups in total. The molecule has 3 rings (SSSR count). The Bertz CT molecular complexity index is 621. The average Bonchev–Trinajstić information content (AvgIpc) is 2.73. The van der Waals surface area contributed by atoms with Crippen molar-refractivity contribution in [3.8, 4) is 0 Å². The Labute approximate surface area is 129 Å². The van der Waals surface area contributed by atoms with Gasteiger partial charge in [-0.05, 0) is 6.07 Å². The van der Waals surface area contributed by atoms with E-state index in [1.807, 2.05) is 29.2 Å². The molecular formula is C14H18ClNO4S. The van der Waals surface area contributed by atoms with E-state index in [1.54, 1.807) is 0 Å². The van der Waals surface area contributed by atoms with Gasteiger partial charge in [0.15, 0.2) is 9.84 Å². The van der Waals surface area contributed by atoms with Gasteiger partial charge in [0.2, 0.25) is 0 Å². The number of hydrogen-bond donors (Lipinski definition) is 1. The Morgan fingerprint density at radius 3 is 2.71 bits per heavy atom. The summed E-state index contributed by atoms with van der Waals surface area (Å²) >= 11 is 6.20. The maximum atomic E-state index is 11.7. The van der Waals surface area contributed by atoms with Crippen LogP contribution in [-0.2, 0) is 14.6 Å². The van der Waals surface area contributed by atoms with Gasteiger partial charge in [0, 0.05) is 23.7 Å². The van der Waals surface area contributed by atoms with Gasteiger partial charge in [-0.2, -0.15) is 0 Å². The molecule has 0 spiro atoms. The fraction of sp³-hybridized carbons (Fsp3) is 0.571. The standard InChI is InChI=1S/C14H18ClNO4S/c15-11-4-2-1-3-10(11)14-7-16(5-6-20-14)12-8-21(18,19)9-13(12)17/h1-4,12-14,17H,5-9H2. The molecule has 7 heteroatoms. The molecule has 0 bridgehead atoms. The van der Waals surface area contributed by atoms with Crippen molar-refractivity contribution in [2.75, 3.05) is 31.2 Å². The van der Waals surface area contributed by atoms with Gasteiger partial charge in [0.25, 0.3) is 0 Å². The molecule has 2 saturated heterocycles. The highest BCUT2D eigenvalue weighted by molar-refractivity contribution is 7.91. The molecule has 2 fully saturated rings. The van der Waals surface area contributed by atoms with Crippen molar-refractivity contribution in [2.24, 2.45) is 0 Å². The molecule has 0 aliphatic carbocycles. The summed E-state index contributed by atoms with van der Waals surface area (Å²) in [5.74, 6) is -0.130. The second kappa shape index (κ2) is 5.85. The first-order valence-corrected chi connectivity index (χ1v) is 9.15. The zero-order valence-electron chi connectivity index (χ0n) is 11.5. The van der Waals surface area contributed by atoms with Crippen LogP contribution in [-0.4, -0.2) is 61.8 Å². The minimum atomic E-state index is -3.14. The van der Waals surface area contributed by atoms with Gasteiger partial charge in [0.05, 0.1) is 36.4 Å². The van der Waals surface area contributed by atoms with Crippen LogP contribution in [0.15, 0.2) is 24.3 Å². The lowest BCUT2D eigenvalue weighted by Gasteiger charge is -2.37. The van der Waals surface area contributed by atoms with Gasteiger partial charge in [-0.3, -0.25) is 4.90 Å². The van der Waals surface area contributed by atoms with Crippen LogP contribution in [0.2, 0.25) is 5.02 Å². The zero-order chi connectivity index (χ0) is 15.0. The Balaban J connectivity index is 1.76. The van der Waals surface area contributed by atoms with E-state index < -0.39 is 15.9 Å². The van der Waals surface area contributed by atoms with Crippen molar-refractivity contribution in [3.63, 3.8) is 0 Å². The maximum Gasteiger partial charge on any atom is 0.154 e. The molecule has 0 aromatic heterocycles. The summed E-state index contributed by atoms with van der Waals surface area (Å²) in [6, 6.07) is 7.15. The van der Waals surface area contributed by atoms with Gasteiger partial charge >= 0.3 is 0 Å². The molecule has 2 aliphatic heterocycles. The van der Waals surface area contributed by atoms with E-state index in [2.05, 4.69) is 0 Å². The van der Waals surface area contributed by atoms with Crippen molar-refractivity contribution in [2.45, 2.75) is 18.2 Å². The van der Waals surface area contributed by atoms with Crippen LogP contribution in [0, 0.1) is 0 Å². The lowest BCUT2D eigenvalue weighted by atomic mass is 10.1. The van der Waals surface area contributed by atoms with Gasteiger partial charge in [-0.1, -0.05) is 29.8 Å². The number of hydrogen-bond acceptors (Lipinski definition) is 5. The summed E-state index contributed by atoms with van der Waals surface area (Å²) in [4.78, 5) is 2.01. The molecule has 2 heterocycles. The summed E-state index contributed by atoms with van der Waals surface area (Å²) in [6.07, 6.45) is -1.01. The van der Waals surface area contributed by atoms with Gasteiger partial charge in [-0.25, -0.2) is 8.42 Å². The van der Waals surface area contributed by atoms with Gasteiger partial charge in [0.1, 0.15) is 0 Å². The number of ether oxygens (including phenoxy) is 1. The first kappa shape index (κ1) is 15.2. The number of halogens is 1. The lowest BCUT2D eigenvalue weighted by molar-refractivity contribution is -0.0567. The smallest absolute Gasteiger partial charge is 0.154 e. The minimum absolute atomic E-state index is 0.0173. The third kappa shape index (κ3) is 3.24. The van der Waals surface area contributed by atoms with Crippen molar-refractivity contribution in [1.29, 1.82) is 0 Å². The Hall–Kier alpha value is -0.660. The average molecular weight is 332 g/mol. The van der Waals surface area contributed by atoms with E-state index in [9.17, 15) is 13.5 Å². The van der Waals surface area contributed by atoms with E-state index in [1.165, 1.54) is 0 Å². The first-order valence-electron chi connectivity index (χ1n) is 6.95. The maximum absolute atomic E-state index is 11.7. The van der Waals surface area contributed by atoms with Crippen LogP contribution in [0.5, 0.6) is 0 Å². The van der Waals surface area contributed by atoms with E-state index >= 15 is 0 Å². The third-order valence-electron chi connectivity index (χ3n) is 4.11. The Kier molecular flexibility index (Phi) is 4.25. The summed E-state index contributed by atoms with van der Waals surface area (Å²) in [6.45, 7) is 1.67. The van der Waals surface area contributed by atoms with Crippen molar-refractivity contribution < 1.29 is 18.3 Å². The summed E-state index contributed by atoms with van der Waals surface area (Å²) in [7, 11) is -3.14. The first-order chi connectivity index (χ1) is 9.96. The molecule has 2 aliphatic rings. The van der Waals surface area contributed by atoms with Crippen LogP contribution < -0.4 is 0 Å². The molecule has 0 amide bonds. The Morgan fingerprint density at radius 2 is 2.05 bits per heavy atom. The van der Waals surface area contributed by atoms with Crippen LogP contribution in [0.3, 0.4) is 0 Å². The lowest BCUT2D eigenvalue weighted by Crippen LogP contribution is -2.49. The summed E-state index contributed by atoms with van der Waals surface area (Å²) in [5, 5.41) is 10.6. The monoisotopic (exact) mass is 331 g/mol. The van der Waals surface area contributed by atoms with Crippen LogP contribution in [0.1, 0.15) is 11.7 Å². The molecule has 3 unspecified atom stereocenters. The molecule has 1 aromatic carbocycles. The third-order valence-corrected chi connectivity index (χ3v) is 6.16. The molecule has 5 nitrogen and oxygen atoms in total. The minimum Gasteiger partial charge on any atom is -0.390 e. The molecule has 116 valence electrons. The molecule has 21 heavy (non-hydrogen) atoms.